The maximum Gasteiger partial charge on any atom is 0.304 e. The number of piperazine rings is 1. The third-order valence-electron chi connectivity index (χ3n) is 3.37. The predicted octanol–water partition coefficient (Wildman–Crippen LogP) is -0.104. The van der Waals surface area contributed by atoms with Crippen molar-refractivity contribution in [2.45, 2.75) is 37.4 Å². The van der Waals surface area contributed by atoms with Crippen molar-refractivity contribution >= 4 is 5.97 Å². The second kappa shape index (κ2) is 3.27. The van der Waals surface area contributed by atoms with Crippen LogP contribution >= 0.6 is 0 Å². The van der Waals surface area contributed by atoms with Crippen molar-refractivity contribution in [3.63, 3.8) is 0 Å². The van der Waals surface area contributed by atoms with Crippen LogP contribution in [0, 0.1) is 0 Å². The number of carbonyl (C=O) groups is 1. The Morgan fingerprint density at radius 3 is 3.08 bits per heavy atom. The van der Waals surface area contributed by atoms with Crippen molar-refractivity contribution in [2.75, 3.05) is 13.6 Å². The van der Waals surface area contributed by atoms with E-state index in [1.54, 1.807) is 0 Å². The largest absolute Gasteiger partial charge is 0.481 e. The fourth-order valence-corrected chi connectivity index (χ4v) is 2.59. The van der Waals surface area contributed by atoms with Gasteiger partial charge in [-0.1, -0.05) is 0 Å². The van der Waals surface area contributed by atoms with Crippen molar-refractivity contribution in [1.29, 1.82) is 0 Å². The molecule has 2 aliphatic heterocycles. The molecule has 2 bridgehead atoms. The number of fused-ring (bicyclic) bond motifs is 2. The molecule has 0 radical (unpaired) electrons. The Labute approximate surface area is 77.9 Å². The fraction of sp³-hybridized carbons (Fsp3) is 0.889. The van der Waals surface area contributed by atoms with Crippen LogP contribution in [0.3, 0.4) is 0 Å². The lowest BCUT2D eigenvalue weighted by molar-refractivity contribution is -0.138. The molecule has 74 valence electrons. The van der Waals surface area contributed by atoms with Gasteiger partial charge in [0.05, 0.1) is 6.42 Å². The summed E-state index contributed by atoms with van der Waals surface area (Å²) in [4.78, 5) is 12.9. The van der Waals surface area contributed by atoms with Crippen molar-refractivity contribution in [2.24, 2.45) is 0 Å². The summed E-state index contributed by atoms with van der Waals surface area (Å²) < 4.78 is 0. The number of nitrogens with zero attached hydrogens (tertiary/aromatic N) is 1. The van der Waals surface area contributed by atoms with Crippen LogP contribution < -0.4 is 5.32 Å². The quantitative estimate of drug-likeness (QED) is 0.629. The number of carboxylic acid groups (broad SMARTS) is 1. The highest BCUT2D eigenvalue weighted by Crippen LogP contribution is 2.28. The molecule has 0 aliphatic carbocycles. The monoisotopic (exact) mass is 184 g/mol. The molecule has 13 heavy (non-hydrogen) atoms. The first-order valence-electron chi connectivity index (χ1n) is 4.85. The minimum absolute atomic E-state index is 0.154. The Kier molecular flexibility index (Phi) is 2.26. The summed E-state index contributed by atoms with van der Waals surface area (Å²) in [6.07, 6.45) is 2.61. The molecule has 4 nitrogen and oxygen atoms in total. The zero-order chi connectivity index (χ0) is 9.42. The minimum atomic E-state index is -0.698. The third kappa shape index (κ3) is 1.56. The highest BCUT2D eigenvalue weighted by Gasteiger charge is 2.40. The summed E-state index contributed by atoms with van der Waals surface area (Å²) >= 11 is 0. The predicted molar refractivity (Wildman–Crippen MR) is 48.6 cm³/mol. The van der Waals surface area contributed by atoms with Crippen LogP contribution in [0.2, 0.25) is 0 Å². The summed E-state index contributed by atoms with van der Waals surface area (Å²) in [5.74, 6) is -0.698. The topological polar surface area (TPSA) is 52.6 Å². The average Bonchev–Trinajstić information content (AvgIpc) is 2.31. The Morgan fingerprint density at radius 1 is 1.62 bits per heavy atom. The number of nitrogens with one attached hydrogen (secondary N) is 1. The van der Waals surface area contributed by atoms with Crippen molar-refractivity contribution in [3.8, 4) is 0 Å². The van der Waals surface area contributed by atoms with Gasteiger partial charge >= 0.3 is 5.97 Å². The first-order valence-corrected chi connectivity index (χ1v) is 4.85. The summed E-state index contributed by atoms with van der Waals surface area (Å²) in [7, 11) is 2.11. The second-order valence-corrected chi connectivity index (χ2v) is 4.08. The molecule has 0 saturated carbocycles. The number of rotatable bonds is 2. The van der Waals surface area contributed by atoms with Crippen LogP contribution in [0.25, 0.3) is 0 Å². The highest BCUT2D eigenvalue weighted by molar-refractivity contribution is 5.67. The Hall–Kier alpha value is -0.610. The molecule has 0 aromatic carbocycles. The Bertz CT molecular complexity index is 220. The molecule has 3 atom stereocenters. The molecule has 2 N–H and O–H groups in total. The molecule has 0 amide bonds. The zero-order valence-electron chi connectivity index (χ0n) is 7.86. The van der Waals surface area contributed by atoms with Crippen molar-refractivity contribution in [3.05, 3.63) is 0 Å². The van der Waals surface area contributed by atoms with Gasteiger partial charge in [0.25, 0.3) is 0 Å². The lowest BCUT2D eigenvalue weighted by Crippen LogP contribution is -2.56. The van der Waals surface area contributed by atoms with Gasteiger partial charge in [-0.2, -0.15) is 0 Å². The van der Waals surface area contributed by atoms with Crippen LogP contribution in [0.1, 0.15) is 19.3 Å². The van der Waals surface area contributed by atoms with E-state index >= 15 is 0 Å². The van der Waals surface area contributed by atoms with Crippen LogP contribution in [0.15, 0.2) is 0 Å². The molecule has 2 fully saturated rings. The maximum absolute atomic E-state index is 10.6. The molecular weight excluding hydrogens is 168 g/mol. The summed E-state index contributed by atoms with van der Waals surface area (Å²) in [6, 6.07) is 1.23. The van der Waals surface area contributed by atoms with Gasteiger partial charge in [0, 0.05) is 24.7 Å². The molecule has 2 rings (SSSR count). The van der Waals surface area contributed by atoms with Gasteiger partial charge in [-0.3, -0.25) is 9.69 Å². The molecule has 0 aromatic rings. The van der Waals surface area contributed by atoms with E-state index in [1.807, 2.05) is 0 Å². The van der Waals surface area contributed by atoms with Gasteiger partial charge in [-0.15, -0.1) is 0 Å². The van der Waals surface area contributed by atoms with E-state index in [9.17, 15) is 4.79 Å². The van der Waals surface area contributed by atoms with E-state index in [2.05, 4.69) is 17.3 Å². The fourth-order valence-electron chi connectivity index (χ4n) is 2.59. The SMILES string of the molecule is CN1C2CCC1C(CC(=O)O)NC2. The van der Waals surface area contributed by atoms with E-state index in [-0.39, 0.29) is 12.5 Å². The smallest absolute Gasteiger partial charge is 0.304 e. The minimum Gasteiger partial charge on any atom is -0.481 e. The lowest BCUT2D eigenvalue weighted by Gasteiger charge is -2.37. The standard InChI is InChI=1S/C9H16N2O2/c1-11-6-2-3-8(11)7(10-5-6)4-9(12)13/h6-8,10H,2-5H2,1H3,(H,12,13). The summed E-state index contributed by atoms with van der Waals surface area (Å²) in [6.45, 7) is 0.949. The van der Waals surface area contributed by atoms with E-state index in [4.69, 9.17) is 5.11 Å². The van der Waals surface area contributed by atoms with Crippen LogP contribution in [0.4, 0.5) is 0 Å². The first kappa shape index (κ1) is 8.97. The van der Waals surface area contributed by atoms with Crippen molar-refractivity contribution < 1.29 is 9.90 Å². The number of likely N-dealkylation sites (N-methyl/N-ethyl adjacent to an activating group) is 1. The summed E-state index contributed by atoms with van der Waals surface area (Å²) in [5, 5.41) is 12.0. The zero-order valence-corrected chi connectivity index (χ0v) is 7.86. The van der Waals surface area contributed by atoms with E-state index < -0.39 is 5.97 Å². The number of hydrogen-bond acceptors (Lipinski definition) is 3. The molecular formula is C9H16N2O2. The highest BCUT2D eigenvalue weighted by atomic mass is 16.4. The molecule has 2 saturated heterocycles. The molecule has 0 aromatic heterocycles. The van der Waals surface area contributed by atoms with Gasteiger partial charge in [-0.25, -0.2) is 0 Å². The van der Waals surface area contributed by atoms with Gasteiger partial charge < -0.3 is 10.4 Å². The molecule has 2 aliphatic rings. The molecule has 4 heteroatoms. The van der Waals surface area contributed by atoms with E-state index in [1.165, 1.54) is 6.42 Å². The number of hydrogen-bond donors (Lipinski definition) is 2. The van der Waals surface area contributed by atoms with E-state index in [0.29, 0.717) is 12.1 Å². The molecule has 0 spiro atoms. The van der Waals surface area contributed by atoms with Gasteiger partial charge in [0.1, 0.15) is 0 Å². The maximum atomic E-state index is 10.6. The second-order valence-electron chi connectivity index (χ2n) is 4.08. The van der Waals surface area contributed by atoms with Crippen LogP contribution in [-0.2, 0) is 4.79 Å². The average molecular weight is 184 g/mol. The van der Waals surface area contributed by atoms with Crippen LogP contribution in [0.5, 0.6) is 0 Å². The Morgan fingerprint density at radius 2 is 2.38 bits per heavy atom. The number of aliphatic carboxylic acids is 1. The first-order chi connectivity index (χ1) is 6.18. The lowest BCUT2D eigenvalue weighted by atomic mass is 10.0. The van der Waals surface area contributed by atoms with Gasteiger partial charge in [0.15, 0.2) is 0 Å². The summed E-state index contributed by atoms with van der Waals surface area (Å²) in [5.41, 5.74) is 0. The normalized spacial score (nSPS) is 39.3. The third-order valence-corrected chi connectivity index (χ3v) is 3.37. The Balaban J connectivity index is 2.01. The van der Waals surface area contributed by atoms with Gasteiger partial charge in [-0.05, 0) is 19.9 Å². The van der Waals surface area contributed by atoms with E-state index in [0.717, 1.165) is 13.0 Å². The van der Waals surface area contributed by atoms with Crippen LogP contribution in [-0.4, -0.2) is 47.7 Å². The molecule has 3 unspecified atom stereocenters. The molecule has 2 heterocycles. The van der Waals surface area contributed by atoms with Crippen molar-refractivity contribution in [1.82, 2.24) is 10.2 Å². The number of carboxylic acids is 1. The van der Waals surface area contributed by atoms with Gasteiger partial charge in [0.2, 0.25) is 0 Å².